The van der Waals surface area contributed by atoms with Gasteiger partial charge in [0.2, 0.25) is 5.95 Å². The standard InChI is InChI=1S/C22H23N5OS/c1-3-14-8-10-16(11-9-14)24-21(29)18-19(23)25-22(26-20(18)28)27-13(2)12-15-6-4-5-7-17(15)27/h4-11,13H,3,12H2,1-2H3,(H,24,29)(H3,23,25,26,28)/t13-/m1/s1. The summed E-state index contributed by atoms with van der Waals surface area (Å²) in [7, 11) is 0. The topological polar surface area (TPSA) is 87.0 Å². The Labute approximate surface area is 174 Å². The molecule has 6 nitrogen and oxygen atoms in total. The zero-order chi connectivity index (χ0) is 20.5. The number of aromatic nitrogens is 2. The van der Waals surface area contributed by atoms with Crippen LogP contribution in [-0.2, 0) is 12.8 Å². The summed E-state index contributed by atoms with van der Waals surface area (Å²) in [5.74, 6) is 0.548. The highest BCUT2D eigenvalue weighted by atomic mass is 32.1. The third kappa shape index (κ3) is 3.61. The first-order valence-corrected chi connectivity index (χ1v) is 10.1. The summed E-state index contributed by atoms with van der Waals surface area (Å²) in [6.07, 6.45) is 1.84. The molecule has 0 aliphatic carbocycles. The molecule has 3 aromatic rings. The number of hydrogen-bond acceptors (Lipinski definition) is 5. The van der Waals surface area contributed by atoms with Crippen molar-refractivity contribution in [3.63, 3.8) is 0 Å². The molecule has 0 saturated carbocycles. The van der Waals surface area contributed by atoms with Gasteiger partial charge in [-0.3, -0.25) is 9.78 Å². The van der Waals surface area contributed by atoms with Crippen LogP contribution in [0.15, 0.2) is 53.3 Å². The number of anilines is 4. The lowest BCUT2D eigenvalue weighted by molar-refractivity contribution is 0.738. The van der Waals surface area contributed by atoms with Crippen molar-refractivity contribution in [1.82, 2.24) is 9.97 Å². The minimum absolute atomic E-state index is 0.114. The van der Waals surface area contributed by atoms with Gasteiger partial charge in [0.15, 0.2) is 0 Å². The number of rotatable bonds is 4. The van der Waals surface area contributed by atoms with Crippen LogP contribution in [-0.4, -0.2) is 21.0 Å². The fourth-order valence-electron chi connectivity index (χ4n) is 3.72. The number of nitrogen functional groups attached to an aromatic ring is 1. The van der Waals surface area contributed by atoms with Crippen LogP contribution in [0.4, 0.5) is 23.1 Å². The van der Waals surface area contributed by atoms with Gasteiger partial charge in [-0.1, -0.05) is 49.5 Å². The van der Waals surface area contributed by atoms with Gasteiger partial charge < -0.3 is 16.0 Å². The van der Waals surface area contributed by atoms with Gasteiger partial charge in [0.1, 0.15) is 16.4 Å². The molecule has 0 amide bonds. The van der Waals surface area contributed by atoms with Crippen molar-refractivity contribution in [2.75, 3.05) is 16.0 Å². The lowest BCUT2D eigenvalue weighted by Gasteiger charge is -2.23. The number of thiocarbonyl (C=S) groups is 1. The second-order valence-electron chi connectivity index (χ2n) is 7.21. The molecular formula is C22H23N5OS. The maximum atomic E-state index is 12.8. The number of H-pyrrole nitrogens is 1. The van der Waals surface area contributed by atoms with E-state index in [1.807, 2.05) is 47.4 Å². The Kier molecular flexibility index (Phi) is 5.07. The highest BCUT2D eigenvalue weighted by Gasteiger charge is 2.29. The van der Waals surface area contributed by atoms with Crippen molar-refractivity contribution >= 4 is 40.3 Å². The highest BCUT2D eigenvalue weighted by molar-refractivity contribution is 7.81. The highest BCUT2D eigenvalue weighted by Crippen LogP contribution is 2.36. The molecule has 1 aliphatic heterocycles. The van der Waals surface area contributed by atoms with Gasteiger partial charge in [0, 0.05) is 17.4 Å². The molecule has 0 spiro atoms. The summed E-state index contributed by atoms with van der Waals surface area (Å²) in [5, 5.41) is 3.08. The molecule has 2 aromatic carbocycles. The average Bonchev–Trinajstić information content (AvgIpc) is 3.03. The van der Waals surface area contributed by atoms with Crippen LogP contribution >= 0.6 is 12.2 Å². The second kappa shape index (κ2) is 7.67. The van der Waals surface area contributed by atoms with Crippen molar-refractivity contribution in [1.29, 1.82) is 0 Å². The van der Waals surface area contributed by atoms with Gasteiger partial charge in [-0.05, 0) is 49.1 Å². The Hall–Kier alpha value is -3.19. The number of nitrogens with one attached hydrogen (secondary N) is 2. The fourth-order valence-corrected chi connectivity index (χ4v) is 4.03. The van der Waals surface area contributed by atoms with Gasteiger partial charge in [0.05, 0.1) is 0 Å². The number of para-hydroxylation sites is 1. The minimum atomic E-state index is -0.355. The zero-order valence-electron chi connectivity index (χ0n) is 16.4. The summed E-state index contributed by atoms with van der Waals surface area (Å²) in [6.45, 7) is 4.19. The Morgan fingerprint density at radius 3 is 2.69 bits per heavy atom. The number of nitrogens with two attached hydrogens (primary N) is 1. The number of aryl methyl sites for hydroxylation is 1. The van der Waals surface area contributed by atoms with Crippen LogP contribution in [0.3, 0.4) is 0 Å². The first-order chi connectivity index (χ1) is 14.0. The van der Waals surface area contributed by atoms with E-state index in [1.54, 1.807) is 0 Å². The average molecular weight is 406 g/mol. The van der Waals surface area contributed by atoms with Gasteiger partial charge in [-0.15, -0.1) is 0 Å². The normalized spacial score (nSPS) is 15.2. The quantitative estimate of drug-likeness (QED) is 0.573. The maximum absolute atomic E-state index is 12.8. The molecule has 4 rings (SSSR count). The Morgan fingerprint density at radius 2 is 2.00 bits per heavy atom. The molecule has 29 heavy (non-hydrogen) atoms. The summed E-state index contributed by atoms with van der Waals surface area (Å²) < 4.78 is 0. The van der Waals surface area contributed by atoms with E-state index in [1.165, 1.54) is 11.1 Å². The third-order valence-electron chi connectivity index (χ3n) is 5.22. The third-order valence-corrected chi connectivity index (χ3v) is 5.52. The first-order valence-electron chi connectivity index (χ1n) is 9.65. The van der Waals surface area contributed by atoms with E-state index in [4.69, 9.17) is 18.0 Å². The number of nitrogens with zero attached hydrogens (tertiary/aromatic N) is 2. The van der Waals surface area contributed by atoms with Crippen molar-refractivity contribution in [2.24, 2.45) is 0 Å². The number of benzene rings is 2. The van der Waals surface area contributed by atoms with E-state index in [-0.39, 0.29) is 28.0 Å². The van der Waals surface area contributed by atoms with Crippen molar-refractivity contribution < 1.29 is 0 Å². The van der Waals surface area contributed by atoms with E-state index >= 15 is 0 Å². The molecule has 7 heteroatoms. The van der Waals surface area contributed by atoms with E-state index in [9.17, 15) is 4.79 Å². The van der Waals surface area contributed by atoms with Gasteiger partial charge in [-0.25, -0.2) is 0 Å². The number of fused-ring (bicyclic) bond motifs is 1. The number of hydrogen-bond donors (Lipinski definition) is 3. The summed E-state index contributed by atoms with van der Waals surface area (Å²) in [4.78, 5) is 22.4. The van der Waals surface area contributed by atoms with E-state index in [0.717, 1.165) is 24.2 Å². The minimum Gasteiger partial charge on any atom is -0.383 e. The lowest BCUT2D eigenvalue weighted by atomic mass is 10.1. The summed E-state index contributed by atoms with van der Waals surface area (Å²) in [5.41, 5.74) is 10.3. The van der Waals surface area contributed by atoms with Crippen LogP contribution in [0.1, 0.15) is 30.5 Å². The molecule has 4 N–H and O–H groups in total. The van der Waals surface area contributed by atoms with Crippen LogP contribution < -0.4 is 21.5 Å². The predicted molar refractivity (Wildman–Crippen MR) is 122 cm³/mol. The molecule has 148 valence electrons. The number of aromatic amines is 1. The SMILES string of the molecule is CCc1ccc(NC(=S)c2c(N)nc(N3c4ccccc4C[C@H]3C)[nH]c2=O)cc1. The molecule has 0 fully saturated rings. The molecule has 0 radical (unpaired) electrons. The molecule has 1 aromatic heterocycles. The molecule has 2 heterocycles. The van der Waals surface area contributed by atoms with Crippen LogP contribution in [0.5, 0.6) is 0 Å². The summed E-state index contributed by atoms with van der Waals surface area (Å²) in [6, 6.07) is 16.2. The van der Waals surface area contributed by atoms with Crippen molar-refractivity contribution in [3.05, 3.63) is 75.6 Å². The maximum Gasteiger partial charge on any atom is 0.264 e. The van der Waals surface area contributed by atoms with Crippen molar-refractivity contribution in [2.45, 2.75) is 32.7 Å². The smallest absolute Gasteiger partial charge is 0.264 e. The van der Waals surface area contributed by atoms with E-state index in [0.29, 0.717) is 5.95 Å². The van der Waals surface area contributed by atoms with Crippen LogP contribution in [0.2, 0.25) is 0 Å². The Balaban J connectivity index is 1.64. The van der Waals surface area contributed by atoms with Gasteiger partial charge >= 0.3 is 0 Å². The zero-order valence-corrected chi connectivity index (χ0v) is 17.2. The van der Waals surface area contributed by atoms with E-state index in [2.05, 4.69) is 35.2 Å². The Morgan fingerprint density at radius 1 is 1.28 bits per heavy atom. The molecule has 0 saturated heterocycles. The predicted octanol–water partition coefficient (Wildman–Crippen LogP) is 3.78. The largest absolute Gasteiger partial charge is 0.383 e. The molecular weight excluding hydrogens is 382 g/mol. The first kappa shape index (κ1) is 19.1. The molecule has 1 aliphatic rings. The lowest BCUT2D eigenvalue weighted by Crippen LogP contribution is -2.31. The molecule has 1 atom stereocenters. The summed E-state index contributed by atoms with van der Waals surface area (Å²) >= 11 is 5.44. The van der Waals surface area contributed by atoms with Gasteiger partial charge in [0.25, 0.3) is 5.56 Å². The van der Waals surface area contributed by atoms with E-state index < -0.39 is 0 Å². The monoisotopic (exact) mass is 405 g/mol. The Bertz CT molecular complexity index is 1120. The fraction of sp³-hybridized carbons (Fsp3) is 0.227. The molecule has 0 bridgehead atoms. The van der Waals surface area contributed by atoms with Crippen LogP contribution in [0, 0.1) is 0 Å². The van der Waals surface area contributed by atoms with Gasteiger partial charge in [-0.2, -0.15) is 4.98 Å². The van der Waals surface area contributed by atoms with Crippen LogP contribution in [0.25, 0.3) is 0 Å². The second-order valence-corrected chi connectivity index (χ2v) is 7.61. The van der Waals surface area contributed by atoms with Crippen molar-refractivity contribution in [3.8, 4) is 0 Å². The molecule has 0 unspecified atom stereocenters.